The van der Waals surface area contributed by atoms with Crippen LogP contribution in [0.2, 0.25) is 0 Å². The largest absolute Gasteiger partial charge is 0.464 e. The third kappa shape index (κ3) is 0.868. The Bertz CT molecular complexity index is 354. The molecule has 12 heavy (non-hydrogen) atoms. The fourth-order valence-electron chi connectivity index (χ4n) is 1.16. The first-order chi connectivity index (χ1) is 5.79. The molecule has 1 aromatic heterocycles. The molecule has 0 amide bonds. The number of fused-ring (bicyclic) bond motifs is 1. The summed E-state index contributed by atoms with van der Waals surface area (Å²) >= 11 is 0. The van der Waals surface area contributed by atoms with Crippen LogP contribution in [0.5, 0.6) is 0 Å². The predicted octanol–water partition coefficient (Wildman–Crippen LogP) is 0.816. The van der Waals surface area contributed by atoms with E-state index < -0.39 is 6.09 Å². The quantitative estimate of drug-likeness (QED) is 0.598. The normalized spacial score (nSPS) is 13.7. The first-order valence-electron chi connectivity index (χ1n) is 3.47. The molecule has 1 aromatic rings. The van der Waals surface area contributed by atoms with E-state index in [0.717, 1.165) is 10.1 Å². The number of carboxylic acid groups (broad SMARTS) is 1. The summed E-state index contributed by atoms with van der Waals surface area (Å²) in [6.45, 7) is 0.435. The summed E-state index contributed by atoms with van der Waals surface area (Å²) in [7, 11) is 0. The second kappa shape index (κ2) is 2.37. The monoisotopic (exact) mass is 165 g/mol. The molecule has 2 heterocycles. The number of aromatic nitrogens is 1. The van der Waals surface area contributed by atoms with Crippen molar-refractivity contribution in [2.24, 2.45) is 4.99 Å². The molecule has 0 radical (unpaired) electrons. The van der Waals surface area contributed by atoms with Crippen LogP contribution in [0, 0.1) is 0 Å². The lowest BCUT2D eigenvalue weighted by Crippen LogP contribution is -2.15. The number of rotatable bonds is 0. The summed E-state index contributed by atoms with van der Waals surface area (Å²) in [6.07, 6.45) is 2.17. The van der Waals surface area contributed by atoms with Gasteiger partial charge in [0.05, 0.1) is 0 Å². The van der Waals surface area contributed by atoms with Gasteiger partial charge in [0.1, 0.15) is 12.5 Å². The summed E-state index contributed by atoms with van der Waals surface area (Å²) in [5.74, 6) is 0.595. The van der Waals surface area contributed by atoms with Crippen LogP contribution in [0.25, 0.3) is 0 Å². The topological polar surface area (TPSA) is 66.6 Å². The van der Waals surface area contributed by atoms with Gasteiger partial charge >= 0.3 is 6.09 Å². The Labute approximate surface area is 68.3 Å². The van der Waals surface area contributed by atoms with Gasteiger partial charge in [0.15, 0.2) is 0 Å². The summed E-state index contributed by atoms with van der Waals surface area (Å²) in [5.41, 5.74) is 0.809. The molecule has 1 aliphatic heterocycles. The number of nitrogens with one attached hydrogen (secondary N) is 1. The molecule has 0 aromatic carbocycles. The van der Waals surface area contributed by atoms with Crippen LogP contribution in [0.3, 0.4) is 0 Å². The highest BCUT2D eigenvalue weighted by Crippen LogP contribution is 2.17. The Kier molecular flexibility index (Phi) is 1.36. The molecule has 0 spiro atoms. The molecule has 0 aliphatic carbocycles. The lowest BCUT2D eigenvalue weighted by Gasteiger charge is -2.09. The molecule has 5 nitrogen and oxygen atoms in total. The van der Waals surface area contributed by atoms with Crippen molar-refractivity contribution in [2.75, 3.05) is 12.0 Å². The lowest BCUT2D eigenvalue weighted by atomic mass is 10.3. The van der Waals surface area contributed by atoms with E-state index in [4.69, 9.17) is 5.11 Å². The highest BCUT2D eigenvalue weighted by Gasteiger charge is 2.13. The average molecular weight is 165 g/mol. The fourth-order valence-corrected chi connectivity index (χ4v) is 1.16. The Morgan fingerprint density at radius 1 is 1.75 bits per heavy atom. The molecule has 0 unspecified atom stereocenters. The highest BCUT2D eigenvalue weighted by atomic mass is 16.4. The molecule has 0 atom stereocenters. The third-order valence-corrected chi connectivity index (χ3v) is 1.69. The van der Waals surface area contributed by atoms with Crippen molar-refractivity contribution in [3.8, 4) is 0 Å². The van der Waals surface area contributed by atoms with Crippen LogP contribution in [0.15, 0.2) is 17.3 Å². The van der Waals surface area contributed by atoms with Crippen molar-refractivity contribution in [3.63, 3.8) is 0 Å². The first-order valence-corrected chi connectivity index (χ1v) is 3.47. The van der Waals surface area contributed by atoms with Crippen LogP contribution in [-0.2, 0) is 0 Å². The van der Waals surface area contributed by atoms with E-state index in [-0.39, 0.29) is 0 Å². The van der Waals surface area contributed by atoms with Crippen LogP contribution >= 0.6 is 0 Å². The zero-order valence-electron chi connectivity index (χ0n) is 6.19. The molecular weight excluding hydrogens is 158 g/mol. The van der Waals surface area contributed by atoms with Crippen LogP contribution in [0.1, 0.15) is 5.56 Å². The van der Waals surface area contributed by atoms with Gasteiger partial charge in [-0.3, -0.25) is 4.99 Å². The van der Waals surface area contributed by atoms with Gasteiger partial charge in [-0.15, -0.1) is 0 Å². The second-order valence-corrected chi connectivity index (χ2v) is 2.42. The number of anilines is 1. The zero-order chi connectivity index (χ0) is 8.55. The summed E-state index contributed by atoms with van der Waals surface area (Å²) in [6, 6.07) is 1.71. The van der Waals surface area contributed by atoms with E-state index in [1.54, 1.807) is 12.3 Å². The molecule has 0 saturated heterocycles. The van der Waals surface area contributed by atoms with Crippen LogP contribution in [-0.4, -0.2) is 28.7 Å². The maximum absolute atomic E-state index is 10.6. The lowest BCUT2D eigenvalue weighted by molar-refractivity contribution is 0.197. The van der Waals surface area contributed by atoms with Crippen molar-refractivity contribution < 1.29 is 9.90 Å². The fraction of sp³-hybridized carbons (Fsp3) is 0.143. The van der Waals surface area contributed by atoms with Crippen molar-refractivity contribution in [1.29, 1.82) is 0 Å². The van der Waals surface area contributed by atoms with Crippen molar-refractivity contribution in [2.45, 2.75) is 0 Å². The first kappa shape index (κ1) is 6.90. The van der Waals surface area contributed by atoms with Gasteiger partial charge in [0.2, 0.25) is 0 Å². The standard InChI is InChI=1S/C7H7N3O2/c11-7(12)10-2-1-5-3-8-4-9-6(5)10/h1-3,9H,4H2,(H,11,12). The van der Waals surface area contributed by atoms with Crippen molar-refractivity contribution >= 4 is 18.1 Å². The Hall–Kier alpha value is -1.78. The maximum Gasteiger partial charge on any atom is 0.417 e. The minimum atomic E-state index is -0.987. The SMILES string of the molecule is O=C(O)n1ccc2c1NCN=C2. The molecule has 0 fully saturated rings. The molecule has 5 heteroatoms. The number of nitrogens with zero attached hydrogens (tertiary/aromatic N) is 2. The van der Waals surface area contributed by atoms with E-state index in [0.29, 0.717) is 12.5 Å². The van der Waals surface area contributed by atoms with Gasteiger partial charge in [0.25, 0.3) is 0 Å². The van der Waals surface area contributed by atoms with Gasteiger partial charge in [0, 0.05) is 18.0 Å². The van der Waals surface area contributed by atoms with E-state index in [9.17, 15) is 4.79 Å². The summed E-state index contributed by atoms with van der Waals surface area (Å²) in [4.78, 5) is 14.6. The molecule has 62 valence electrons. The predicted molar refractivity (Wildman–Crippen MR) is 43.9 cm³/mol. The minimum absolute atomic E-state index is 0.435. The van der Waals surface area contributed by atoms with Gasteiger partial charge < -0.3 is 10.4 Å². The van der Waals surface area contributed by atoms with E-state index in [2.05, 4.69) is 10.3 Å². The van der Waals surface area contributed by atoms with E-state index in [1.807, 2.05) is 0 Å². The molecular formula is C7H7N3O2. The number of hydrogen-bond donors (Lipinski definition) is 2. The maximum atomic E-state index is 10.6. The third-order valence-electron chi connectivity index (χ3n) is 1.69. The van der Waals surface area contributed by atoms with E-state index >= 15 is 0 Å². The number of carbonyl (C=O) groups is 1. The molecule has 2 N–H and O–H groups in total. The molecule has 0 bridgehead atoms. The van der Waals surface area contributed by atoms with E-state index in [1.165, 1.54) is 6.20 Å². The Morgan fingerprint density at radius 3 is 3.33 bits per heavy atom. The van der Waals surface area contributed by atoms with Gasteiger partial charge in [-0.1, -0.05) is 0 Å². The summed E-state index contributed by atoms with van der Waals surface area (Å²) < 4.78 is 1.14. The zero-order valence-corrected chi connectivity index (χ0v) is 6.19. The summed E-state index contributed by atoms with van der Waals surface area (Å²) in [5, 5.41) is 11.6. The van der Waals surface area contributed by atoms with Crippen molar-refractivity contribution in [3.05, 3.63) is 17.8 Å². The molecule has 2 rings (SSSR count). The van der Waals surface area contributed by atoms with Crippen LogP contribution < -0.4 is 5.32 Å². The second-order valence-electron chi connectivity index (χ2n) is 2.42. The molecule has 1 aliphatic rings. The van der Waals surface area contributed by atoms with Gasteiger partial charge in [-0.05, 0) is 6.07 Å². The minimum Gasteiger partial charge on any atom is -0.464 e. The number of aliphatic imine (C=N–C) groups is 1. The average Bonchev–Trinajstić information content (AvgIpc) is 2.47. The number of hydrogen-bond acceptors (Lipinski definition) is 3. The smallest absolute Gasteiger partial charge is 0.417 e. The van der Waals surface area contributed by atoms with Crippen LogP contribution in [0.4, 0.5) is 10.6 Å². The van der Waals surface area contributed by atoms with Gasteiger partial charge in [-0.2, -0.15) is 0 Å². The highest BCUT2D eigenvalue weighted by molar-refractivity contribution is 5.91. The molecule has 0 saturated carbocycles. The van der Waals surface area contributed by atoms with Crippen molar-refractivity contribution in [1.82, 2.24) is 4.57 Å². The van der Waals surface area contributed by atoms with Gasteiger partial charge in [-0.25, -0.2) is 9.36 Å². The Balaban J connectivity index is 2.53. The Morgan fingerprint density at radius 2 is 2.58 bits per heavy atom.